The van der Waals surface area contributed by atoms with Gasteiger partial charge in [0.1, 0.15) is 0 Å². The van der Waals surface area contributed by atoms with E-state index in [-0.39, 0.29) is 18.5 Å². The number of benzene rings is 2. The molecule has 8 heteroatoms. The van der Waals surface area contributed by atoms with Gasteiger partial charge >= 0.3 is 6.18 Å². The minimum Gasteiger partial charge on any atom is -0.352 e. The molecule has 0 aliphatic rings. The average Bonchev–Trinajstić information content (AvgIpc) is 2.53. The molecule has 5 nitrogen and oxygen atoms in total. The van der Waals surface area contributed by atoms with Crippen molar-refractivity contribution in [1.29, 1.82) is 10.8 Å². The van der Waals surface area contributed by atoms with Crippen LogP contribution in [0, 0.1) is 10.8 Å². The van der Waals surface area contributed by atoms with E-state index in [4.69, 9.17) is 10.8 Å². The number of halogens is 3. The Morgan fingerprint density at radius 2 is 1.62 bits per heavy atom. The maximum Gasteiger partial charge on any atom is 0.416 e. The molecule has 0 radical (unpaired) electrons. The van der Waals surface area contributed by atoms with Crippen molar-refractivity contribution in [2.75, 3.05) is 5.32 Å². The molecule has 0 saturated carbocycles. The van der Waals surface area contributed by atoms with Crippen LogP contribution in [-0.2, 0) is 12.7 Å². The van der Waals surface area contributed by atoms with E-state index in [0.29, 0.717) is 11.3 Å². The molecule has 0 aliphatic carbocycles. The molecule has 24 heavy (non-hydrogen) atoms. The molecular weight excluding hydrogens is 319 g/mol. The van der Waals surface area contributed by atoms with E-state index in [1.54, 1.807) is 24.3 Å². The maximum atomic E-state index is 12.6. The Bertz CT molecular complexity index is 713. The summed E-state index contributed by atoms with van der Waals surface area (Å²) in [6.07, 6.45) is -4.40. The van der Waals surface area contributed by atoms with Crippen molar-refractivity contribution in [3.63, 3.8) is 0 Å². The van der Waals surface area contributed by atoms with Crippen molar-refractivity contribution < 1.29 is 13.2 Å². The molecule has 0 bridgehead atoms. The van der Waals surface area contributed by atoms with Crippen molar-refractivity contribution in [2.45, 2.75) is 12.7 Å². The molecule has 2 aromatic carbocycles. The molecule has 0 atom stereocenters. The molecule has 0 unspecified atom stereocenters. The third kappa shape index (κ3) is 5.31. The van der Waals surface area contributed by atoms with Crippen LogP contribution in [0.4, 0.5) is 18.9 Å². The summed E-state index contributed by atoms with van der Waals surface area (Å²) in [4.78, 5) is 0. The summed E-state index contributed by atoms with van der Waals surface area (Å²) in [5.74, 6) is -0.316. The van der Waals surface area contributed by atoms with Gasteiger partial charge in [0.15, 0.2) is 11.9 Å². The number of guanidine groups is 2. The topological polar surface area (TPSA) is 83.8 Å². The number of rotatable bonds is 3. The standard InChI is InChI=1S/C16H16F3N5/c17-16(18,19)12-6-4-5-11(9-12)10-22-14(20)24-15(21)23-13-7-2-1-3-8-13/h1-9H,10H2,(H5,20,21,22,23,24). The fourth-order valence-electron chi connectivity index (χ4n) is 1.91. The predicted octanol–water partition coefficient (Wildman–Crippen LogP) is 3.37. The van der Waals surface area contributed by atoms with E-state index in [1.807, 2.05) is 6.07 Å². The highest BCUT2D eigenvalue weighted by Crippen LogP contribution is 2.29. The Morgan fingerprint density at radius 3 is 2.29 bits per heavy atom. The molecule has 0 heterocycles. The van der Waals surface area contributed by atoms with Gasteiger partial charge in [-0.3, -0.25) is 16.1 Å². The first-order valence-corrected chi connectivity index (χ1v) is 7.01. The van der Waals surface area contributed by atoms with E-state index in [0.717, 1.165) is 12.1 Å². The smallest absolute Gasteiger partial charge is 0.352 e. The summed E-state index contributed by atoms with van der Waals surface area (Å²) in [6.45, 7) is 0.0361. The fraction of sp³-hybridized carbons (Fsp3) is 0.125. The molecule has 5 N–H and O–H groups in total. The van der Waals surface area contributed by atoms with Gasteiger partial charge in [0, 0.05) is 12.2 Å². The van der Waals surface area contributed by atoms with Crippen LogP contribution in [-0.4, -0.2) is 11.9 Å². The van der Waals surface area contributed by atoms with Gasteiger partial charge in [0.05, 0.1) is 5.56 Å². The largest absolute Gasteiger partial charge is 0.416 e. The zero-order chi connectivity index (χ0) is 17.6. The van der Waals surface area contributed by atoms with Gasteiger partial charge in [-0.2, -0.15) is 13.2 Å². The minimum atomic E-state index is -4.40. The van der Waals surface area contributed by atoms with Crippen molar-refractivity contribution in [2.24, 2.45) is 0 Å². The van der Waals surface area contributed by atoms with Crippen LogP contribution < -0.4 is 16.0 Å². The van der Waals surface area contributed by atoms with E-state index >= 15 is 0 Å². The monoisotopic (exact) mass is 335 g/mol. The zero-order valence-corrected chi connectivity index (χ0v) is 12.5. The average molecular weight is 335 g/mol. The third-order valence-corrected chi connectivity index (χ3v) is 3.02. The lowest BCUT2D eigenvalue weighted by atomic mass is 10.1. The van der Waals surface area contributed by atoms with Crippen molar-refractivity contribution >= 4 is 17.6 Å². The van der Waals surface area contributed by atoms with Crippen LogP contribution >= 0.6 is 0 Å². The summed E-state index contributed by atoms with van der Waals surface area (Å²) in [6, 6.07) is 13.8. The second-order valence-corrected chi connectivity index (χ2v) is 4.92. The number of nitrogens with one attached hydrogen (secondary N) is 5. The number of alkyl halides is 3. The molecule has 2 rings (SSSR count). The van der Waals surface area contributed by atoms with Gasteiger partial charge in [0.2, 0.25) is 0 Å². The summed E-state index contributed by atoms with van der Waals surface area (Å²) in [7, 11) is 0. The van der Waals surface area contributed by atoms with Crippen LogP contribution in [0.15, 0.2) is 54.6 Å². The quantitative estimate of drug-likeness (QED) is 0.440. The Balaban J connectivity index is 1.84. The number of para-hydroxylation sites is 1. The van der Waals surface area contributed by atoms with Gasteiger partial charge in [-0.25, -0.2) is 0 Å². The molecule has 0 spiro atoms. The van der Waals surface area contributed by atoms with Crippen LogP contribution in [0.25, 0.3) is 0 Å². The lowest BCUT2D eigenvalue weighted by Gasteiger charge is -2.13. The highest BCUT2D eigenvalue weighted by atomic mass is 19.4. The Hall–Kier alpha value is -3.03. The lowest BCUT2D eigenvalue weighted by molar-refractivity contribution is -0.137. The second-order valence-electron chi connectivity index (χ2n) is 4.92. The number of anilines is 1. The molecule has 2 aromatic rings. The Labute approximate surface area is 136 Å². The number of hydrogen-bond donors (Lipinski definition) is 5. The first-order valence-electron chi connectivity index (χ1n) is 7.01. The SMILES string of the molecule is N=C(NCc1cccc(C(F)(F)F)c1)NC(=N)Nc1ccccc1. The van der Waals surface area contributed by atoms with Crippen LogP contribution in [0.3, 0.4) is 0 Å². The van der Waals surface area contributed by atoms with E-state index in [2.05, 4.69) is 16.0 Å². The van der Waals surface area contributed by atoms with Crippen LogP contribution in [0.5, 0.6) is 0 Å². The van der Waals surface area contributed by atoms with Gasteiger partial charge in [-0.1, -0.05) is 30.3 Å². The molecular formula is C16H16F3N5. The molecule has 0 saturated heterocycles. The normalized spacial score (nSPS) is 10.8. The van der Waals surface area contributed by atoms with E-state index in [9.17, 15) is 13.2 Å². The second kappa shape index (κ2) is 7.49. The van der Waals surface area contributed by atoms with Gasteiger partial charge in [-0.15, -0.1) is 0 Å². The molecule has 0 amide bonds. The van der Waals surface area contributed by atoms with Gasteiger partial charge < -0.3 is 10.6 Å². The predicted molar refractivity (Wildman–Crippen MR) is 86.9 cm³/mol. The molecule has 0 fully saturated rings. The van der Waals surface area contributed by atoms with Gasteiger partial charge in [-0.05, 0) is 29.8 Å². The van der Waals surface area contributed by atoms with Crippen molar-refractivity contribution in [3.8, 4) is 0 Å². The van der Waals surface area contributed by atoms with Crippen molar-refractivity contribution in [1.82, 2.24) is 10.6 Å². The summed E-state index contributed by atoms with van der Waals surface area (Å²) >= 11 is 0. The zero-order valence-electron chi connectivity index (χ0n) is 12.5. The number of hydrogen-bond acceptors (Lipinski definition) is 2. The van der Waals surface area contributed by atoms with Crippen LogP contribution in [0.1, 0.15) is 11.1 Å². The van der Waals surface area contributed by atoms with E-state index < -0.39 is 11.7 Å². The highest BCUT2D eigenvalue weighted by Gasteiger charge is 2.30. The molecule has 126 valence electrons. The summed E-state index contributed by atoms with van der Waals surface area (Å²) in [5.41, 5.74) is 0.333. The first kappa shape index (κ1) is 17.3. The summed E-state index contributed by atoms with van der Waals surface area (Å²) < 4.78 is 37.9. The third-order valence-electron chi connectivity index (χ3n) is 3.02. The highest BCUT2D eigenvalue weighted by molar-refractivity contribution is 6.02. The van der Waals surface area contributed by atoms with E-state index in [1.165, 1.54) is 12.1 Å². The van der Waals surface area contributed by atoms with Crippen molar-refractivity contribution in [3.05, 3.63) is 65.7 Å². The van der Waals surface area contributed by atoms with Gasteiger partial charge in [0.25, 0.3) is 0 Å². The summed E-state index contributed by atoms with van der Waals surface area (Å²) in [5, 5.41) is 23.2. The Morgan fingerprint density at radius 1 is 0.917 bits per heavy atom. The fourth-order valence-corrected chi connectivity index (χ4v) is 1.91. The first-order chi connectivity index (χ1) is 11.3. The lowest BCUT2D eigenvalue weighted by Crippen LogP contribution is -2.42. The minimum absolute atomic E-state index is 0.0361. The molecule has 0 aliphatic heterocycles. The van der Waals surface area contributed by atoms with Crippen LogP contribution in [0.2, 0.25) is 0 Å². The molecule has 0 aromatic heterocycles. The Kier molecular flexibility index (Phi) is 5.41. The maximum absolute atomic E-state index is 12.6.